The van der Waals surface area contributed by atoms with Crippen LogP contribution in [0, 0.1) is 0 Å². The second kappa shape index (κ2) is 8.21. The molecule has 24 heavy (non-hydrogen) atoms. The summed E-state index contributed by atoms with van der Waals surface area (Å²) in [5, 5.41) is 5.90. The summed E-state index contributed by atoms with van der Waals surface area (Å²) in [5.41, 5.74) is 0. The highest BCUT2D eigenvalue weighted by atomic mass is 32.1. The molecule has 0 saturated carbocycles. The van der Waals surface area contributed by atoms with E-state index in [0.717, 1.165) is 43.5 Å². The van der Waals surface area contributed by atoms with Gasteiger partial charge in [-0.15, -0.1) is 11.3 Å². The summed E-state index contributed by atoms with van der Waals surface area (Å²) in [7, 11) is 0. The van der Waals surface area contributed by atoms with Crippen molar-refractivity contribution in [2.45, 2.75) is 19.4 Å². The van der Waals surface area contributed by atoms with Crippen molar-refractivity contribution in [3.8, 4) is 0 Å². The molecular weight excluding hydrogens is 322 g/mol. The summed E-state index contributed by atoms with van der Waals surface area (Å²) < 4.78 is 0. The Morgan fingerprint density at radius 1 is 1.25 bits per heavy atom. The number of carbonyl (C=O) groups excluding carboxylic acids is 1. The quantitative estimate of drug-likeness (QED) is 0.867. The normalized spacial score (nSPS) is 16.8. The SMILES string of the molecule is C[C@@H](NC(=O)CCN1CCN(c2ccccn2)CC1)c1nccs1. The van der Waals surface area contributed by atoms with Gasteiger partial charge in [0.1, 0.15) is 10.8 Å². The zero-order valence-corrected chi connectivity index (χ0v) is 14.7. The van der Waals surface area contributed by atoms with Gasteiger partial charge in [0.05, 0.1) is 6.04 Å². The second-order valence-corrected chi connectivity index (χ2v) is 6.85. The highest BCUT2D eigenvalue weighted by Crippen LogP contribution is 2.15. The third-order valence-corrected chi connectivity index (χ3v) is 5.16. The van der Waals surface area contributed by atoms with Gasteiger partial charge in [-0.3, -0.25) is 9.69 Å². The number of thiazole rings is 1. The van der Waals surface area contributed by atoms with Crippen molar-refractivity contribution < 1.29 is 4.79 Å². The number of hydrogen-bond donors (Lipinski definition) is 1. The Kier molecular flexibility index (Phi) is 5.77. The number of nitrogens with one attached hydrogen (secondary N) is 1. The molecule has 1 aliphatic heterocycles. The number of anilines is 1. The first-order chi connectivity index (χ1) is 11.7. The van der Waals surface area contributed by atoms with E-state index >= 15 is 0 Å². The van der Waals surface area contributed by atoms with Crippen molar-refractivity contribution >= 4 is 23.1 Å². The lowest BCUT2D eigenvalue weighted by atomic mass is 10.2. The largest absolute Gasteiger partial charge is 0.354 e. The fourth-order valence-electron chi connectivity index (χ4n) is 2.82. The lowest BCUT2D eigenvalue weighted by Crippen LogP contribution is -2.47. The Balaban J connectivity index is 1.38. The van der Waals surface area contributed by atoms with Crippen LogP contribution in [0.25, 0.3) is 0 Å². The minimum absolute atomic E-state index is 0.0153. The number of aromatic nitrogens is 2. The molecule has 0 unspecified atom stereocenters. The topological polar surface area (TPSA) is 61.4 Å². The summed E-state index contributed by atoms with van der Waals surface area (Å²) in [5.74, 6) is 1.12. The third kappa shape index (κ3) is 4.52. The molecule has 1 N–H and O–H groups in total. The summed E-state index contributed by atoms with van der Waals surface area (Å²) >= 11 is 1.57. The molecule has 0 aromatic carbocycles. The zero-order valence-electron chi connectivity index (χ0n) is 13.9. The summed E-state index contributed by atoms with van der Waals surface area (Å²) in [6, 6.07) is 5.98. The van der Waals surface area contributed by atoms with E-state index in [1.54, 1.807) is 17.5 Å². The van der Waals surface area contributed by atoms with Crippen LogP contribution < -0.4 is 10.2 Å². The van der Waals surface area contributed by atoms with Gasteiger partial charge < -0.3 is 10.2 Å². The molecule has 0 radical (unpaired) electrons. The first kappa shape index (κ1) is 16.9. The molecule has 6 nitrogen and oxygen atoms in total. The molecule has 0 spiro atoms. The van der Waals surface area contributed by atoms with Crippen LogP contribution >= 0.6 is 11.3 Å². The van der Waals surface area contributed by atoms with Crippen molar-refractivity contribution in [3.63, 3.8) is 0 Å². The molecule has 1 saturated heterocycles. The molecule has 128 valence electrons. The van der Waals surface area contributed by atoms with E-state index in [9.17, 15) is 4.79 Å². The Labute approximate surface area is 146 Å². The highest BCUT2D eigenvalue weighted by molar-refractivity contribution is 7.09. The third-order valence-electron chi connectivity index (χ3n) is 4.20. The van der Waals surface area contributed by atoms with Crippen LogP contribution in [0.4, 0.5) is 5.82 Å². The van der Waals surface area contributed by atoms with E-state index in [0.29, 0.717) is 6.42 Å². The Bertz CT molecular complexity index is 626. The average Bonchev–Trinajstić information content (AvgIpc) is 3.16. The fraction of sp³-hybridized carbons (Fsp3) is 0.471. The number of piperazine rings is 1. The summed E-state index contributed by atoms with van der Waals surface area (Å²) in [4.78, 5) is 25.4. The molecular formula is C17H23N5OS. The predicted octanol–water partition coefficient (Wildman–Crippen LogP) is 1.93. The van der Waals surface area contributed by atoms with Gasteiger partial charge in [0, 0.05) is 56.9 Å². The van der Waals surface area contributed by atoms with Gasteiger partial charge in [0.2, 0.25) is 5.91 Å². The van der Waals surface area contributed by atoms with Crippen LogP contribution in [0.15, 0.2) is 36.0 Å². The van der Waals surface area contributed by atoms with Gasteiger partial charge in [-0.05, 0) is 19.1 Å². The van der Waals surface area contributed by atoms with Crippen molar-refractivity contribution in [2.75, 3.05) is 37.6 Å². The van der Waals surface area contributed by atoms with Crippen LogP contribution in [0.5, 0.6) is 0 Å². The molecule has 0 aliphatic carbocycles. The van der Waals surface area contributed by atoms with Gasteiger partial charge >= 0.3 is 0 Å². The number of carbonyl (C=O) groups is 1. The molecule has 1 atom stereocenters. The van der Waals surface area contributed by atoms with E-state index in [-0.39, 0.29) is 11.9 Å². The molecule has 1 fully saturated rings. The van der Waals surface area contributed by atoms with E-state index in [1.165, 1.54) is 0 Å². The van der Waals surface area contributed by atoms with E-state index in [1.807, 2.05) is 36.7 Å². The molecule has 7 heteroatoms. The Morgan fingerprint density at radius 3 is 2.75 bits per heavy atom. The molecule has 0 bridgehead atoms. The fourth-order valence-corrected chi connectivity index (χ4v) is 3.47. The summed E-state index contributed by atoms with van der Waals surface area (Å²) in [6.07, 6.45) is 4.12. The number of pyridine rings is 1. The maximum absolute atomic E-state index is 12.1. The first-order valence-corrected chi connectivity index (χ1v) is 9.17. The molecule has 1 aliphatic rings. The lowest BCUT2D eigenvalue weighted by molar-refractivity contribution is -0.122. The number of nitrogens with zero attached hydrogens (tertiary/aromatic N) is 4. The van der Waals surface area contributed by atoms with Crippen molar-refractivity contribution in [2.24, 2.45) is 0 Å². The highest BCUT2D eigenvalue weighted by Gasteiger charge is 2.19. The van der Waals surface area contributed by atoms with Crippen molar-refractivity contribution in [1.82, 2.24) is 20.2 Å². The summed E-state index contributed by atoms with van der Waals surface area (Å²) in [6.45, 7) is 6.61. The van der Waals surface area contributed by atoms with E-state index in [2.05, 4.69) is 25.1 Å². The monoisotopic (exact) mass is 345 g/mol. The lowest BCUT2D eigenvalue weighted by Gasteiger charge is -2.35. The van der Waals surface area contributed by atoms with Gasteiger partial charge in [0.15, 0.2) is 0 Å². The maximum Gasteiger partial charge on any atom is 0.221 e. The minimum Gasteiger partial charge on any atom is -0.354 e. The molecule has 1 amide bonds. The predicted molar refractivity (Wildman–Crippen MR) is 96.2 cm³/mol. The van der Waals surface area contributed by atoms with E-state index < -0.39 is 0 Å². The average molecular weight is 345 g/mol. The molecule has 2 aromatic heterocycles. The van der Waals surface area contributed by atoms with Crippen LogP contribution in [0.3, 0.4) is 0 Å². The Hall–Kier alpha value is -1.99. The van der Waals surface area contributed by atoms with Crippen LogP contribution in [-0.4, -0.2) is 53.5 Å². The second-order valence-electron chi connectivity index (χ2n) is 5.93. The van der Waals surface area contributed by atoms with Crippen molar-refractivity contribution in [1.29, 1.82) is 0 Å². The Morgan fingerprint density at radius 2 is 2.08 bits per heavy atom. The molecule has 3 rings (SSSR count). The van der Waals surface area contributed by atoms with Crippen LogP contribution in [-0.2, 0) is 4.79 Å². The standard InChI is InChI=1S/C17H23N5OS/c1-14(17-19-7-13-24-17)20-16(23)5-8-21-9-11-22(12-10-21)15-4-2-3-6-18-15/h2-4,6-7,13-14H,5,8-12H2,1H3,(H,20,23)/t14-/m1/s1. The van der Waals surface area contributed by atoms with Crippen LogP contribution in [0.1, 0.15) is 24.4 Å². The van der Waals surface area contributed by atoms with Gasteiger partial charge in [-0.25, -0.2) is 9.97 Å². The number of amides is 1. The van der Waals surface area contributed by atoms with Gasteiger partial charge in [-0.2, -0.15) is 0 Å². The van der Waals surface area contributed by atoms with Crippen molar-refractivity contribution in [3.05, 3.63) is 41.0 Å². The van der Waals surface area contributed by atoms with E-state index in [4.69, 9.17) is 0 Å². The van der Waals surface area contributed by atoms with Gasteiger partial charge in [0.25, 0.3) is 0 Å². The smallest absolute Gasteiger partial charge is 0.221 e. The molecule has 3 heterocycles. The zero-order chi connectivity index (χ0) is 16.8. The van der Waals surface area contributed by atoms with Crippen LogP contribution in [0.2, 0.25) is 0 Å². The maximum atomic E-state index is 12.1. The first-order valence-electron chi connectivity index (χ1n) is 8.29. The number of hydrogen-bond acceptors (Lipinski definition) is 6. The minimum atomic E-state index is -0.0153. The number of rotatable bonds is 6. The van der Waals surface area contributed by atoms with Gasteiger partial charge in [-0.1, -0.05) is 6.07 Å². The molecule has 2 aromatic rings.